The van der Waals surface area contributed by atoms with Crippen molar-refractivity contribution in [1.29, 1.82) is 0 Å². The van der Waals surface area contributed by atoms with Crippen LogP contribution >= 0.6 is 0 Å². The van der Waals surface area contributed by atoms with Gasteiger partial charge in [-0.15, -0.1) is 0 Å². The number of aromatic nitrogens is 4. The molecule has 2 fully saturated rings. The summed E-state index contributed by atoms with van der Waals surface area (Å²) in [5.41, 5.74) is 4.44. The lowest BCUT2D eigenvalue weighted by atomic mass is 9.98. The number of carbonyl (C=O) groups excluding carboxylic acids is 1. The molecule has 6 rings (SSSR count). The molecular weight excluding hydrogens is 595 g/mol. The normalized spacial score (nSPS) is 18.7. The van der Waals surface area contributed by atoms with Crippen molar-refractivity contribution in [2.45, 2.75) is 105 Å². The molecule has 1 saturated carbocycles. The minimum absolute atomic E-state index is 0.0211. The average Bonchev–Trinajstić information content (AvgIpc) is 3.83. The predicted octanol–water partition coefficient (Wildman–Crippen LogP) is 7.43. The maximum atomic E-state index is 15.5. The van der Waals surface area contributed by atoms with Crippen LogP contribution in [-0.4, -0.2) is 61.3 Å². The molecule has 1 amide bonds. The minimum Gasteiger partial charge on any atom is -0.444 e. The molecular formula is C37H45FN6O3. The predicted molar refractivity (Wildman–Crippen MR) is 183 cm³/mol. The molecule has 0 N–H and O–H groups in total. The highest BCUT2D eigenvalue weighted by Gasteiger charge is 2.37. The molecule has 4 heterocycles. The van der Waals surface area contributed by atoms with E-state index in [-0.39, 0.29) is 35.8 Å². The SMILES string of the molecule is Cc1ccc(F)c(-c2nc3c(cc2C2CC2)c(N2C[C@@H](C)N(C(=O)OC(C)(C)C)C[C@@H]2C)nc(=O)n3-c2c(C)ccnc2C(C)C)c1. The Bertz CT molecular complexity index is 1930. The lowest BCUT2D eigenvalue weighted by Crippen LogP contribution is -2.59. The number of ether oxygens (including phenoxy) is 1. The molecule has 47 heavy (non-hydrogen) atoms. The van der Waals surface area contributed by atoms with Crippen LogP contribution in [0.15, 0.2) is 41.3 Å². The molecule has 3 aromatic heterocycles. The molecule has 248 valence electrons. The Labute approximate surface area is 275 Å². The Kier molecular flexibility index (Phi) is 8.34. The van der Waals surface area contributed by atoms with Crippen molar-refractivity contribution in [1.82, 2.24) is 24.4 Å². The molecule has 0 bridgehead atoms. The number of nitrogens with zero attached hydrogens (tertiary/aromatic N) is 6. The smallest absolute Gasteiger partial charge is 0.410 e. The van der Waals surface area contributed by atoms with Crippen molar-refractivity contribution in [2.75, 3.05) is 18.0 Å². The standard InChI is InChI=1S/C37H45FN6O3/c1-20(2)30-32(22(4)14-15-39-30)44-34-28(17-26(25-11-12-25)31(40-34)27-16-21(3)10-13-29(27)38)33(41-35(44)45)42-18-24(6)43(19-23(42)5)36(46)47-37(7,8)9/h10,13-17,20,23-25H,11-12,18-19H2,1-9H3/t23-,24+/m0/s1. The molecule has 2 atom stereocenters. The first-order valence-corrected chi connectivity index (χ1v) is 16.6. The monoisotopic (exact) mass is 640 g/mol. The number of hydrogen-bond acceptors (Lipinski definition) is 7. The van der Waals surface area contributed by atoms with E-state index in [0.29, 0.717) is 46.9 Å². The van der Waals surface area contributed by atoms with E-state index in [2.05, 4.69) is 16.0 Å². The fourth-order valence-electron chi connectivity index (χ4n) is 6.59. The molecule has 0 spiro atoms. The largest absolute Gasteiger partial charge is 0.444 e. The van der Waals surface area contributed by atoms with Gasteiger partial charge >= 0.3 is 11.8 Å². The van der Waals surface area contributed by atoms with Crippen molar-refractivity contribution >= 4 is 22.9 Å². The highest BCUT2D eigenvalue weighted by molar-refractivity contribution is 5.92. The second-order valence-corrected chi connectivity index (χ2v) is 14.6. The fraction of sp³-hybridized carbons (Fsp3) is 0.486. The zero-order valence-corrected chi connectivity index (χ0v) is 28.9. The van der Waals surface area contributed by atoms with E-state index in [0.717, 1.165) is 35.2 Å². The van der Waals surface area contributed by atoms with Gasteiger partial charge in [0.2, 0.25) is 0 Å². The van der Waals surface area contributed by atoms with Gasteiger partial charge in [-0.05, 0) is 109 Å². The number of benzene rings is 1. The van der Waals surface area contributed by atoms with Gasteiger partial charge in [-0.3, -0.25) is 4.98 Å². The summed E-state index contributed by atoms with van der Waals surface area (Å²) in [4.78, 5) is 46.0. The van der Waals surface area contributed by atoms with Crippen molar-refractivity contribution in [2.24, 2.45) is 0 Å². The number of carbonyl (C=O) groups is 1. The van der Waals surface area contributed by atoms with Crippen LogP contribution < -0.4 is 10.6 Å². The number of anilines is 1. The fourth-order valence-corrected chi connectivity index (χ4v) is 6.59. The van der Waals surface area contributed by atoms with Crippen LogP contribution in [0.3, 0.4) is 0 Å². The molecule has 2 aliphatic rings. The van der Waals surface area contributed by atoms with Crippen LogP contribution in [0.5, 0.6) is 0 Å². The Morgan fingerprint density at radius 3 is 2.40 bits per heavy atom. The van der Waals surface area contributed by atoms with Gasteiger partial charge < -0.3 is 14.5 Å². The molecule has 1 saturated heterocycles. The third-order valence-electron chi connectivity index (χ3n) is 9.08. The van der Waals surface area contributed by atoms with Gasteiger partial charge in [0.25, 0.3) is 0 Å². The number of pyridine rings is 2. The molecule has 9 nitrogen and oxygen atoms in total. The molecule has 10 heteroatoms. The van der Waals surface area contributed by atoms with E-state index in [1.165, 1.54) is 6.07 Å². The summed E-state index contributed by atoms with van der Waals surface area (Å²) >= 11 is 0. The number of aryl methyl sites for hydroxylation is 2. The van der Waals surface area contributed by atoms with Crippen molar-refractivity contribution < 1.29 is 13.9 Å². The highest BCUT2D eigenvalue weighted by Crippen LogP contribution is 2.46. The third-order valence-corrected chi connectivity index (χ3v) is 9.08. The Morgan fingerprint density at radius 1 is 1.02 bits per heavy atom. The van der Waals surface area contributed by atoms with Gasteiger partial charge in [0.1, 0.15) is 17.2 Å². The highest BCUT2D eigenvalue weighted by atomic mass is 19.1. The number of amides is 1. The maximum Gasteiger partial charge on any atom is 0.410 e. The zero-order valence-electron chi connectivity index (χ0n) is 28.9. The molecule has 1 aliphatic carbocycles. The summed E-state index contributed by atoms with van der Waals surface area (Å²) in [6.45, 7) is 18.4. The van der Waals surface area contributed by atoms with Crippen LogP contribution in [-0.2, 0) is 4.74 Å². The van der Waals surface area contributed by atoms with E-state index in [1.54, 1.807) is 21.7 Å². The number of piperazine rings is 1. The van der Waals surface area contributed by atoms with Gasteiger partial charge in [-0.25, -0.2) is 23.5 Å². The molecule has 1 aromatic carbocycles. The molecule has 4 aromatic rings. The van der Waals surface area contributed by atoms with Gasteiger partial charge in [-0.2, -0.15) is 4.98 Å². The zero-order chi connectivity index (χ0) is 33.9. The average molecular weight is 641 g/mol. The minimum atomic E-state index is -0.613. The maximum absolute atomic E-state index is 15.5. The second kappa shape index (κ2) is 12.0. The summed E-state index contributed by atoms with van der Waals surface area (Å²) in [6.07, 6.45) is 3.36. The molecule has 0 unspecified atom stereocenters. The van der Waals surface area contributed by atoms with Crippen molar-refractivity contribution in [3.05, 3.63) is 75.2 Å². The van der Waals surface area contributed by atoms with Gasteiger partial charge in [-0.1, -0.05) is 25.5 Å². The summed E-state index contributed by atoms with van der Waals surface area (Å²) < 4.78 is 22.8. The number of hydrogen-bond donors (Lipinski definition) is 0. The molecule has 0 radical (unpaired) electrons. The van der Waals surface area contributed by atoms with Gasteiger partial charge in [0, 0.05) is 36.9 Å². The lowest BCUT2D eigenvalue weighted by Gasteiger charge is -2.44. The van der Waals surface area contributed by atoms with Crippen LogP contribution in [0.2, 0.25) is 0 Å². The van der Waals surface area contributed by atoms with Crippen molar-refractivity contribution in [3.8, 4) is 16.9 Å². The van der Waals surface area contributed by atoms with Gasteiger partial charge in [0.15, 0.2) is 5.65 Å². The van der Waals surface area contributed by atoms with Crippen LogP contribution in [0, 0.1) is 19.7 Å². The van der Waals surface area contributed by atoms with Gasteiger partial charge in [0.05, 0.1) is 22.5 Å². The number of fused-ring (bicyclic) bond motifs is 1. The Morgan fingerprint density at radius 2 is 1.74 bits per heavy atom. The Hall–Kier alpha value is -4.34. The van der Waals surface area contributed by atoms with E-state index >= 15 is 4.39 Å². The summed E-state index contributed by atoms with van der Waals surface area (Å²) in [5, 5.41) is 0.714. The van der Waals surface area contributed by atoms with Crippen LogP contribution in [0.4, 0.5) is 15.0 Å². The number of halogens is 1. The summed E-state index contributed by atoms with van der Waals surface area (Å²) in [6, 6.07) is 8.64. The van der Waals surface area contributed by atoms with E-state index in [9.17, 15) is 9.59 Å². The summed E-state index contributed by atoms with van der Waals surface area (Å²) in [5.74, 6) is 0.422. The first-order valence-electron chi connectivity index (χ1n) is 16.6. The van der Waals surface area contributed by atoms with E-state index in [1.807, 2.05) is 74.4 Å². The lowest BCUT2D eigenvalue weighted by molar-refractivity contribution is 0.0130. The van der Waals surface area contributed by atoms with E-state index < -0.39 is 11.3 Å². The summed E-state index contributed by atoms with van der Waals surface area (Å²) in [7, 11) is 0. The van der Waals surface area contributed by atoms with Crippen molar-refractivity contribution in [3.63, 3.8) is 0 Å². The molecule has 1 aliphatic heterocycles. The topological polar surface area (TPSA) is 93.5 Å². The van der Waals surface area contributed by atoms with Crippen LogP contribution in [0.25, 0.3) is 28.0 Å². The second-order valence-electron chi connectivity index (χ2n) is 14.6. The number of rotatable bonds is 5. The first-order chi connectivity index (χ1) is 22.1. The first kappa shape index (κ1) is 32.6. The Balaban J connectivity index is 1.61. The van der Waals surface area contributed by atoms with Crippen LogP contribution in [0.1, 0.15) is 95.5 Å². The third kappa shape index (κ3) is 6.22. The van der Waals surface area contributed by atoms with E-state index in [4.69, 9.17) is 14.7 Å². The quantitative estimate of drug-likeness (QED) is 0.224.